The van der Waals surface area contributed by atoms with Gasteiger partial charge in [0.2, 0.25) is 0 Å². The summed E-state index contributed by atoms with van der Waals surface area (Å²) in [5.74, 6) is 0.205. The maximum absolute atomic E-state index is 12.6. The highest BCUT2D eigenvalue weighted by Crippen LogP contribution is 2.40. The molecular weight excluding hydrogens is 255 g/mol. The average molecular weight is 269 g/mol. The van der Waals surface area contributed by atoms with Crippen LogP contribution in [0.25, 0.3) is 10.4 Å². The first-order valence-corrected chi connectivity index (χ1v) is 6.28. The Morgan fingerprint density at radius 2 is 1.84 bits per heavy atom. The van der Waals surface area contributed by atoms with E-state index in [1.165, 1.54) is 6.07 Å². The molecule has 0 saturated heterocycles. The van der Waals surface area contributed by atoms with Crippen molar-refractivity contribution in [3.05, 3.63) is 39.8 Å². The van der Waals surface area contributed by atoms with Crippen LogP contribution in [0.1, 0.15) is 49.1 Å². The van der Waals surface area contributed by atoms with Gasteiger partial charge in [-0.3, -0.25) is 0 Å². The van der Waals surface area contributed by atoms with Gasteiger partial charge in [-0.1, -0.05) is 30.4 Å². The second-order valence-electron chi connectivity index (χ2n) is 4.80. The summed E-state index contributed by atoms with van der Waals surface area (Å²) < 4.78 is 37.9. The van der Waals surface area contributed by atoms with Crippen molar-refractivity contribution in [2.75, 3.05) is 0 Å². The predicted molar refractivity (Wildman–Crippen MR) is 66.1 cm³/mol. The van der Waals surface area contributed by atoms with Gasteiger partial charge in [-0.15, -0.1) is 0 Å². The van der Waals surface area contributed by atoms with Gasteiger partial charge in [-0.25, -0.2) is 0 Å². The maximum Gasteiger partial charge on any atom is 0.416 e. The fourth-order valence-corrected chi connectivity index (χ4v) is 2.61. The highest BCUT2D eigenvalue weighted by Gasteiger charge is 2.31. The molecule has 2 rings (SSSR count). The molecule has 0 N–H and O–H groups in total. The molecule has 1 aromatic rings. The van der Waals surface area contributed by atoms with E-state index < -0.39 is 11.7 Å². The first-order valence-electron chi connectivity index (χ1n) is 6.28. The molecule has 19 heavy (non-hydrogen) atoms. The summed E-state index contributed by atoms with van der Waals surface area (Å²) in [7, 11) is 0. The summed E-state index contributed by atoms with van der Waals surface area (Å²) in [6.45, 7) is 0. The zero-order chi connectivity index (χ0) is 13.9. The van der Waals surface area contributed by atoms with E-state index in [0.29, 0.717) is 0 Å². The number of benzene rings is 1. The molecule has 0 amide bonds. The van der Waals surface area contributed by atoms with Crippen LogP contribution in [0.2, 0.25) is 0 Å². The van der Waals surface area contributed by atoms with Crippen LogP contribution in [0.5, 0.6) is 0 Å². The Balaban J connectivity index is 2.40. The van der Waals surface area contributed by atoms with Gasteiger partial charge in [-0.2, -0.15) is 13.2 Å². The summed E-state index contributed by atoms with van der Waals surface area (Å²) in [6.07, 6.45) is 0.778. The molecular formula is C13H14F3N3. The van der Waals surface area contributed by atoms with Gasteiger partial charge in [-0.05, 0) is 42.0 Å². The van der Waals surface area contributed by atoms with Crippen molar-refractivity contribution in [1.82, 2.24) is 0 Å². The third kappa shape index (κ3) is 3.20. The number of hydrogen-bond donors (Lipinski definition) is 0. The van der Waals surface area contributed by atoms with Crippen LogP contribution in [0.3, 0.4) is 0 Å². The van der Waals surface area contributed by atoms with Gasteiger partial charge < -0.3 is 0 Å². The van der Waals surface area contributed by atoms with Crippen LogP contribution in [-0.2, 0) is 6.18 Å². The number of alkyl halides is 3. The Labute approximate surface area is 109 Å². The SMILES string of the molecule is [N-]=[N+]=Nc1cc(C(F)(F)F)ccc1C1CCCCC1. The van der Waals surface area contributed by atoms with Crippen LogP contribution in [-0.4, -0.2) is 0 Å². The van der Waals surface area contributed by atoms with Crippen molar-refractivity contribution in [2.45, 2.75) is 44.2 Å². The molecule has 0 aliphatic heterocycles. The molecule has 0 radical (unpaired) electrons. The largest absolute Gasteiger partial charge is 0.416 e. The van der Waals surface area contributed by atoms with Gasteiger partial charge in [0.05, 0.1) is 5.56 Å². The lowest BCUT2D eigenvalue weighted by Gasteiger charge is -2.23. The van der Waals surface area contributed by atoms with Crippen molar-refractivity contribution in [2.24, 2.45) is 5.11 Å². The number of rotatable bonds is 2. The second-order valence-corrected chi connectivity index (χ2v) is 4.80. The molecule has 0 bridgehead atoms. The number of azide groups is 1. The van der Waals surface area contributed by atoms with Crippen molar-refractivity contribution in [3.8, 4) is 0 Å². The van der Waals surface area contributed by atoms with Gasteiger partial charge in [0, 0.05) is 10.6 Å². The third-order valence-corrected chi connectivity index (χ3v) is 3.56. The zero-order valence-corrected chi connectivity index (χ0v) is 10.3. The second kappa shape index (κ2) is 5.53. The molecule has 0 unspecified atom stereocenters. The number of hydrogen-bond acceptors (Lipinski definition) is 1. The molecule has 0 aromatic heterocycles. The van der Waals surface area contributed by atoms with Crippen LogP contribution in [0.4, 0.5) is 18.9 Å². The Bertz CT molecular complexity index is 498. The fraction of sp³-hybridized carbons (Fsp3) is 0.538. The molecule has 0 spiro atoms. The van der Waals surface area contributed by atoms with E-state index in [1.807, 2.05) is 0 Å². The molecule has 0 atom stereocenters. The first-order chi connectivity index (χ1) is 9.02. The molecule has 1 fully saturated rings. The maximum atomic E-state index is 12.6. The molecule has 1 aliphatic carbocycles. The van der Waals surface area contributed by atoms with Crippen LogP contribution in [0.15, 0.2) is 23.3 Å². The van der Waals surface area contributed by atoms with E-state index in [4.69, 9.17) is 5.53 Å². The summed E-state index contributed by atoms with van der Waals surface area (Å²) in [4.78, 5) is 2.64. The third-order valence-electron chi connectivity index (χ3n) is 3.56. The summed E-state index contributed by atoms with van der Waals surface area (Å²) in [5.41, 5.74) is 8.60. The quantitative estimate of drug-likeness (QED) is 0.376. The minimum Gasteiger partial charge on any atom is -0.166 e. The monoisotopic (exact) mass is 269 g/mol. The van der Waals surface area contributed by atoms with Gasteiger partial charge in [0.1, 0.15) is 0 Å². The standard InChI is InChI=1S/C13H14F3N3/c14-13(15,16)10-6-7-11(12(8-10)18-19-17)9-4-2-1-3-5-9/h6-9H,1-5H2. The first kappa shape index (κ1) is 13.7. The highest BCUT2D eigenvalue weighted by atomic mass is 19.4. The van der Waals surface area contributed by atoms with Gasteiger partial charge >= 0.3 is 6.18 Å². The van der Waals surface area contributed by atoms with E-state index in [1.54, 1.807) is 0 Å². The van der Waals surface area contributed by atoms with Crippen molar-refractivity contribution in [3.63, 3.8) is 0 Å². The molecule has 1 saturated carbocycles. The Morgan fingerprint density at radius 3 is 2.42 bits per heavy atom. The van der Waals surface area contributed by atoms with Crippen LogP contribution in [0, 0.1) is 0 Å². The lowest BCUT2D eigenvalue weighted by molar-refractivity contribution is -0.137. The normalized spacial score (nSPS) is 17.0. The van der Waals surface area contributed by atoms with Gasteiger partial charge in [0.25, 0.3) is 0 Å². The lowest BCUT2D eigenvalue weighted by Crippen LogP contribution is -2.08. The Kier molecular flexibility index (Phi) is 4.00. The van der Waals surface area contributed by atoms with E-state index >= 15 is 0 Å². The van der Waals surface area contributed by atoms with E-state index in [2.05, 4.69) is 10.0 Å². The minimum atomic E-state index is -4.41. The summed E-state index contributed by atoms with van der Waals surface area (Å²) >= 11 is 0. The summed E-state index contributed by atoms with van der Waals surface area (Å²) in [5, 5.41) is 3.44. The number of halogens is 3. The molecule has 1 aromatic carbocycles. The van der Waals surface area contributed by atoms with E-state index in [9.17, 15) is 13.2 Å². The Hall–Kier alpha value is -1.68. The molecule has 3 nitrogen and oxygen atoms in total. The molecule has 1 aliphatic rings. The molecule has 0 heterocycles. The van der Waals surface area contributed by atoms with Crippen molar-refractivity contribution < 1.29 is 13.2 Å². The smallest absolute Gasteiger partial charge is 0.166 e. The van der Waals surface area contributed by atoms with Crippen molar-refractivity contribution >= 4 is 5.69 Å². The topological polar surface area (TPSA) is 48.8 Å². The molecule has 102 valence electrons. The van der Waals surface area contributed by atoms with E-state index in [0.717, 1.165) is 49.8 Å². The average Bonchev–Trinajstić information content (AvgIpc) is 2.39. The van der Waals surface area contributed by atoms with Crippen LogP contribution < -0.4 is 0 Å². The van der Waals surface area contributed by atoms with Crippen LogP contribution >= 0.6 is 0 Å². The highest BCUT2D eigenvalue weighted by molar-refractivity contribution is 5.51. The zero-order valence-electron chi connectivity index (χ0n) is 10.3. The Morgan fingerprint density at radius 1 is 1.16 bits per heavy atom. The van der Waals surface area contributed by atoms with E-state index in [-0.39, 0.29) is 11.6 Å². The molecule has 6 heteroatoms. The summed E-state index contributed by atoms with van der Waals surface area (Å²) in [6, 6.07) is 3.48. The minimum absolute atomic E-state index is 0.115. The lowest BCUT2D eigenvalue weighted by atomic mass is 9.83. The van der Waals surface area contributed by atoms with Gasteiger partial charge in [0.15, 0.2) is 0 Å². The predicted octanol–water partition coefficient (Wildman–Crippen LogP) is 5.69. The van der Waals surface area contributed by atoms with Crippen molar-refractivity contribution in [1.29, 1.82) is 0 Å². The fourth-order valence-electron chi connectivity index (χ4n) is 2.61. The number of nitrogens with zero attached hydrogens (tertiary/aromatic N) is 3.